The Kier molecular flexibility index (Phi) is 5.04. The SMILES string of the molecule is CNCc1ccc(OCCC(C)C)nn1. The van der Waals surface area contributed by atoms with E-state index in [4.69, 9.17) is 4.74 Å². The average molecular weight is 209 g/mol. The highest BCUT2D eigenvalue weighted by atomic mass is 16.5. The first-order valence-electron chi connectivity index (χ1n) is 5.32. The third-order valence-corrected chi connectivity index (χ3v) is 2.00. The van der Waals surface area contributed by atoms with Gasteiger partial charge in [0.05, 0.1) is 12.3 Å². The van der Waals surface area contributed by atoms with Crippen LogP contribution in [0.1, 0.15) is 26.0 Å². The van der Waals surface area contributed by atoms with Crippen molar-refractivity contribution in [3.63, 3.8) is 0 Å². The molecule has 84 valence electrons. The third kappa shape index (κ3) is 4.74. The van der Waals surface area contributed by atoms with Gasteiger partial charge in [0.15, 0.2) is 0 Å². The molecule has 1 heterocycles. The van der Waals surface area contributed by atoms with Crippen molar-refractivity contribution in [2.75, 3.05) is 13.7 Å². The van der Waals surface area contributed by atoms with Crippen molar-refractivity contribution < 1.29 is 4.74 Å². The van der Waals surface area contributed by atoms with Gasteiger partial charge >= 0.3 is 0 Å². The highest BCUT2D eigenvalue weighted by Gasteiger charge is 1.99. The van der Waals surface area contributed by atoms with E-state index in [0.29, 0.717) is 18.4 Å². The molecule has 15 heavy (non-hydrogen) atoms. The summed E-state index contributed by atoms with van der Waals surface area (Å²) in [6.07, 6.45) is 1.04. The molecule has 0 aliphatic heterocycles. The Morgan fingerprint density at radius 3 is 2.67 bits per heavy atom. The summed E-state index contributed by atoms with van der Waals surface area (Å²) >= 11 is 0. The van der Waals surface area contributed by atoms with Crippen LogP contribution in [0.5, 0.6) is 5.88 Å². The van der Waals surface area contributed by atoms with Crippen LogP contribution < -0.4 is 10.1 Å². The van der Waals surface area contributed by atoms with Crippen LogP contribution >= 0.6 is 0 Å². The van der Waals surface area contributed by atoms with E-state index in [0.717, 1.165) is 18.7 Å². The number of nitrogens with one attached hydrogen (secondary N) is 1. The van der Waals surface area contributed by atoms with Gasteiger partial charge in [-0.2, -0.15) is 5.10 Å². The Labute approximate surface area is 91.1 Å². The van der Waals surface area contributed by atoms with Crippen molar-refractivity contribution in [2.45, 2.75) is 26.8 Å². The summed E-state index contributed by atoms with van der Waals surface area (Å²) in [5.41, 5.74) is 0.925. The van der Waals surface area contributed by atoms with Gasteiger partial charge < -0.3 is 10.1 Å². The van der Waals surface area contributed by atoms with Crippen LogP contribution in [0.3, 0.4) is 0 Å². The summed E-state index contributed by atoms with van der Waals surface area (Å²) in [4.78, 5) is 0. The molecule has 0 saturated carbocycles. The second-order valence-corrected chi connectivity index (χ2v) is 3.92. The second-order valence-electron chi connectivity index (χ2n) is 3.92. The molecule has 0 radical (unpaired) electrons. The number of nitrogens with zero attached hydrogens (tertiary/aromatic N) is 2. The van der Waals surface area contributed by atoms with Gasteiger partial charge in [0, 0.05) is 12.6 Å². The Morgan fingerprint density at radius 2 is 2.13 bits per heavy atom. The lowest BCUT2D eigenvalue weighted by atomic mass is 10.1. The van der Waals surface area contributed by atoms with Gasteiger partial charge in [-0.15, -0.1) is 5.10 Å². The fourth-order valence-electron chi connectivity index (χ4n) is 1.10. The minimum atomic E-state index is 0.607. The smallest absolute Gasteiger partial charge is 0.233 e. The molecule has 1 aromatic rings. The lowest BCUT2D eigenvalue weighted by Gasteiger charge is -2.06. The summed E-state index contributed by atoms with van der Waals surface area (Å²) in [5.74, 6) is 1.26. The van der Waals surface area contributed by atoms with E-state index in [2.05, 4.69) is 29.4 Å². The molecule has 0 atom stereocenters. The van der Waals surface area contributed by atoms with Gasteiger partial charge in [0.25, 0.3) is 0 Å². The zero-order valence-corrected chi connectivity index (χ0v) is 9.66. The predicted molar refractivity (Wildman–Crippen MR) is 59.7 cm³/mol. The van der Waals surface area contributed by atoms with E-state index < -0.39 is 0 Å². The van der Waals surface area contributed by atoms with Gasteiger partial charge in [-0.1, -0.05) is 13.8 Å². The van der Waals surface area contributed by atoms with Crippen molar-refractivity contribution in [3.8, 4) is 5.88 Å². The molecule has 1 aromatic heterocycles. The van der Waals surface area contributed by atoms with E-state index in [1.165, 1.54) is 0 Å². The van der Waals surface area contributed by atoms with Crippen LogP contribution in [0.25, 0.3) is 0 Å². The number of hydrogen-bond acceptors (Lipinski definition) is 4. The predicted octanol–water partition coefficient (Wildman–Crippen LogP) is 1.62. The first kappa shape index (κ1) is 11.9. The maximum absolute atomic E-state index is 5.46. The van der Waals surface area contributed by atoms with Crippen molar-refractivity contribution in [1.29, 1.82) is 0 Å². The summed E-state index contributed by atoms with van der Waals surface area (Å²) in [6.45, 7) is 5.78. The first-order chi connectivity index (χ1) is 7.22. The largest absolute Gasteiger partial charge is 0.477 e. The van der Waals surface area contributed by atoms with Crippen molar-refractivity contribution >= 4 is 0 Å². The Balaban J connectivity index is 2.36. The van der Waals surface area contributed by atoms with Crippen LogP contribution in [0.15, 0.2) is 12.1 Å². The molecule has 0 aliphatic carbocycles. The van der Waals surface area contributed by atoms with Crippen molar-refractivity contribution in [1.82, 2.24) is 15.5 Å². The van der Waals surface area contributed by atoms with E-state index in [1.807, 2.05) is 19.2 Å². The van der Waals surface area contributed by atoms with E-state index in [-0.39, 0.29) is 0 Å². The monoisotopic (exact) mass is 209 g/mol. The van der Waals surface area contributed by atoms with Gasteiger partial charge in [0.1, 0.15) is 0 Å². The molecule has 0 amide bonds. The summed E-state index contributed by atoms with van der Waals surface area (Å²) in [7, 11) is 1.88. The van der Waals surface area contributed by atoms with Crippen LogP contribution in [0.4, 0.5) is 0 Å². The normalized spacial score (nSPS) is 10.7. The standard InChI is InChI=1S/C11H19N3O/c1-9(2)6-7-15-11-5-4-10(8-12-3)13-14-11/h4-5,9,12H,6-8H2,1-3H3. The number of rotatable bonds is 6. The van der Waals surface area contributed by atoms with Crippen LogP contribution in [0, 0.1) is 5.92 Å². The van der Waals surface area contributed by atoms with E-state index >= 15 is 0 Å². The van der Waals surface area contributed by atoms with Crippen LogP contribution in [-0.4, -0.2) is 23.9 Å². The summed E-state index contributed by atoms with van der Waals surface area (Å²) < 4.78 is 5.46. The molecule has 0 saturated heterocycles. The van der Waals surface area contributed by atoms with Crippen molar-refractivity contribution in [3.05, 3.63) is 17.8 Å². The zero-order chi connectivity index (χ0) is 11.1. The van der Waals surface area contributed by atoms with Gasteiger partial charge in [0.2, 0.25) is 5.88 Å². The molecular weight excluding hydrogens is 190 g/mol. The summed E-state index contributed by atoms with van der Waals surface area (Å²) in [6, 6.07) is 3.79. The van der Waals surface area contributed by atoms with Crippen LogP contribution in [-0.2, 0) is 6.54 Å². The van der Waals surface area contributed by atoms with E-state index in [1.54, 1.807) is 0 Å². The molecule has 1 rings (SSSR count). The van der Waals surface area contributed by atoms with Gasteiger partial charge in [-0.25, -0.2) is 0 Å². The lowest BCUT2D eigenvalue weighted by molar-refractivity contribution is 0.276. The highest BCUT2D eigenvalue weighted by Crippen LogP contribution is 2.07. The molecule has 0 fully saturated rings. The highest BCUT2D eigenvalue weighted by molar-refractivity contribution is 5.11. The fourth-order valence-corrected chi connectivity index (χ4v) is 1.10. The first-order valence-corrected chi connectivity index (χ1v) is 5.32. The molecule has 0 aromatic carbocycles. The number of aromatic nitrogens is 2. The molecule has 0 bridgehead atoms. The zero-order valence-electron chi connectivity index (χ0n) is 9.66. The van der Waals surface area contributed by atoms with Crippen LogP contribution in [0.2, 0.25) is 0 Å². The Morgan fingerprint density at radius 1 is 1.33 bits per heavy atom. The molecule has 0 unspecified atom stereocenters. The van der Waals surface area contributed by atoms with E-state index in [9.17, 15) is 0 Å². The molecule has 4 heteroatoms. The molecule has 0 spiro atoms. The number of ether oxygens (including phenoxy) is 1. The van der Waals surface area contributed by atoms with Gasteiger partial charge in [-0.3, -0.25) is 0 Å². The number of hydrogen-bond donors (Lipinski definition) is 1. The average Bonchev–Trinajstić information content (AvgIpc) is 2.20. The fraction of sp³-hybridized carbons (Fsp3) is 0.636. The van der Waals surface area contributed by atoms with Crippen molar-refractivity contribution in [2.24, 2.45) is 5.92 Å². The minimum absolute atomic E-state index is 0.607. The minimum Gasteiger partial charge on any atom is -0.477 e. The molecule has 1 N–H and O–H groups in total. The Bertz CT molecular complexity index is 272. The molecular formula is C11H19N3O. The summed E-state index contributed by atoms with van der Waals surface area (Å²) in [5, 5.41) is 11.0. The maximum Gasteiger partial charge on any atom is 0.233 e. The Hall–Kier alpha value is -1.16. The molecule has 0 aliphatic rings. The lowest BCUT2D eigenvalue weighted by Crippen LogP contribution is -2.08. The molecule has 4 nitrogen and oxygen atoms in total. The second kappa shape index (κ2) is 6.35. The topological polar surface area (TPSA) is 47.0 Å². The third-order valence-electron chi connectivity index (χ3n) is 2.00. The maximum atomic E-state index is 5.46. The quantitative estimate of drug-likeness (QED) is 0.773. The van der Waals surface area contributed by atoms with Gasteiger partial charge in [-0.05, 0) is 25.5 Å².